The average molecular weight is 624 g/mol. The first kappa shape index (κ1) is 13.6. The molecule has 0 bridgehead atoms. The Bertz CT molecular complexity index is 593. The van der Waals surface area contributed by atoms with Crippen molar-refractivity contribution in [1.29, 1.82) is 0 Å². The molecule has 80 valence electrons. The molecule has 0 saturated carbocycles. The molecule has 17 heavy (non-hydrogen) atoms. The van der Waals surface area contributed by atoms with Crippen molar-refractivity contribution < 1.29 is 0 Å². The molecule has 3 rings (SSSR count). The van der Waals surface area contributed by atoms with E-state index in [1.165, 1.54) is 0 Å². The van der Waals surface area contributed by atoms with E-state index in [1.807, 2.05) is 0 Å². The average Bonchev–Trinajstić information content (AvgIpc) is 2.96. The van der Waals surface area contributed by atoms with E-state index in [9.17, 15) is 0 Å². The van der Waals surface area contributed by atoms with Crippen molar-refractivity contribution in [3.05, 3.63) is 36.4 Å². The maximum atomic E-state index is 2.38. The van der Waals surface area contributed by atoms with Gasteiger partial charge in [-0.1, -0.05) is 0 Å². The van der Waals surface area contributed by atoms with Gasteiger partial charge < -0.3 is 0 Å². The van der Waals surface area contributed by atoms with Crippen LogP contribution in [0.3, 0.4) is 0 Å². The van der Waals surface area contributed by atoms with E-state index >= 15 is 0 Å². The van der Waals surface area contributed by atoms with Crippen LogP contribution in [0.15, 0.2) is 36.4 Å². The molecule has 5 heteroatoms. The van der Waals surface area contributed by atoms with Gasteiger partial charge in [-0.25, -0.2) is 0 Å². The van der Waals surface area contributed by atoms with Crippen molar-refractivity contribution in [2.75, 3.05) is 0 Å². The monoisotopic (exact) mass is 630 g/mol. The van der Waals surface area contributed by atoms with Crippen LogP contribution in [0.25, 0.3) is 17.7 Å². The van der Waals surface area contributed by atoms with E-state index in [2.05, 4.69) is 36.4 Å². The van der Waals surface area contributed by atoms with E-state index in [0.29, 0.717) is 43.5 Å². The normalized spacial score (nSPS) is 10.9. The summed E-state index contributed by atoms with van der Waals surface area (Å²) < 4.78 is 9.84. The van der Waals surface area contributed by atoms with E-state index in [-0.39, 0.29) is 0 Å². The molecule has 0 fully saturated rings. The first-order chi connectivity index (χ1) is 8.22. The van der Waals surface area contributed by atoms with Crippen molar-refractivity contribution >= 4 is 93.5 Å². The van der Waals surface area contributed by atoms with Gasteiger partial charge in [0.05, 0.1) is 0 Å². The van der Waals surface area contributed by atoms with Crippen LogP contribution >= 0.6 is 0 Å². The molecule has 6 radical (unpaired) electrons. The zero-order valence-electron chi connectivity index (χ0n) is 8.69. The van der Waals surface area contributed by atoms with Gasteiger partial charge in [0, 0.05) is 0 Å². The van der Waals surface area contributed by atoms with E-state index < -0.39 is 0 Å². The third-order valence-corrected chi connectivity index (χ3v) is 13.9. The fraction of sp³-hybridized carbons (Fsp3) is 0. The molecule has 0 atom stereocenters. The molecule has 3 aromatic rings. The summed E-state index contributed by atoms with van der Waals surface area (Å²) in [6, 6.07) is 14.1. The summed E-state index contributed by atoms with van der Waals surface area (Å²) in [5, 5.41) is 0. The Morgan fingerprint density at radius 2 is 0.882 bits per heavy atom. The fourth-order valence-corrected chi connectivity index (χ4v) is 11.7. The van der Waals surface area contributed by atoms with Crippen molar-refractivity contribution in [3.8, 4) is 17.7 Å². The van der Waals surface area contributed by atoms with Crippen LogP contribution in [0.4, 0.5) is 0 Å². The summed E-state index contributed by atoms with van der Waals surface area (Å²) in [5.74, 6) is 0. The van der Waals surface area contributed by atoms with Crippen LogP contribution in [-0.4, -0.2) is 88.6 Å². The van der Waals surface area contributed by atoms with Gasteiger partial charge in [0.1, 0.15) is 0 Å². The van der Waals surface area contributed by atoms with Gasteiger partial charge >= 0.3 is 148 Å². The molecular weight excluding hydrogens is 618 g/mol. The Hall–Kier alpha value is 1.60. The van der Waals surface area contributed by atoms with Gasteiger partial charge in [-0.2, -0.15) is 0 Å². The molecule has 0 saturated heterocycles. The Kier molecular flexibility index (Phi) is 4.73. The topological polar surface area (TPSA) is 0 Å². The van der Waals surface area contributed by atoms with Crippen LogP contribution in [0.5, 0.6) is 0 Å². The molecule has 0 spiro atoms. The fourth-order valence-electron chi connectivity index (χ4n) is 1.54. The zero-order chi connectivity index (χ0) is 11.8. The molecule has 3 heterocycles. The standard InChI is InChI=1S/C12H6Se3.2Sn/c1-3-9(13-7-1)11-5-6-12(15-11)10-4-2-8-14-10;;/h1-6H;;. The summed E-state index contributed by atoms with van der Waals surface area (Å²) in [6.45, 7) is 0. The third-order valence-electron chi connectivity index (χ3n) is 2.30. The molecule has 0 nitrogen and oxygen atoms in total. The molecule has 0 aliphatic rings. The first-order valence-electron chi connectivity index (χ1n) is 4.96. The second-order valence-electron chi connectivity index (χ2n) is 3.49. The summed E-state index contributed by atoms with van der Waals surface area (Å²) in [5.41, 5.74) is 0. The van der Waals surface area contributed by atoms with Crippen LogP contribution < -0.4 is 4.91 Å². The second-order valence-corrected chi connectivity index (χ2v) is 18.0. The number of rotatable bonds is 2. The molecular formula is C12H6Se3Sn2. The Morgan fingerprint density at radius 3 is 1.24 bits per heavy atom. The van der Waals surface area contributed by atoms with Crippen molar-refractivity contribution in [2.45, 2.75) is 0 Å². The van der Waals surface area contributed by atoms with Gasteiger partial charge in [-0.3, -0.25) is 0 Å². The summed E-state index contributed by atoms with van der Waals surface area (Å²) in [6.07, 6.45) is 0. The summed E-state index contributed by atoms with van der Waals surface area (Å²) in [4.78, 5) is 0. The molecule has 0 N–H and O–H groups in total. The Labute approximate surface area is 145 Å². The van der Waals surface area contributed by atoms with Crippen LogP contribution in [0, 0.1) is 0 Å². The Balaban J connectivity index is 1.98. The Morgan fingerprint density at radius 1 is 0.529 bits per heavy atom. The third kappa shape index (κ3) is 3.20. The van der Waals surface area contributed by atoms with Crippen LogP contribution in [-0.2, 0) is 0 Å². The molecule has 3 aromatic heterocycles. The zero-order valence-corrected chi connectivity index (χ0v) is 19.5. The van der Waals surface area contributed by atoms with Crippen molar-refractivity contribution in [3.63, 3.8) is 0 Å². The van der Waals surface area contributed by atoms with E-state index in [4.69, 9.17) is 0 Å². The van der Waals surface area contributed by atoms with Gasteiger partial charge in [-0.15, -0.1) is 0 Å². The second kappa shape index (κ2) is 5.93. The minimum absolute atomic E-state index is 0.574. The quantitative estimate of drug-likeness (QED) is 0.347. The van der Waals surface area contributed by atoms with Crippen molar-refractivity contribution in [2.24, 2.45) is 0 Å². The summed E-state index contributed by atoms with van der Waals surface area (Å²) >= 11 is 5.06. The molecule has 0 unspecified atom stereocenters. The van der Waals surface area contributed by atoms with Crippen molar-refractivity contribution in [1.82, 2.24) is 0 Å². The predicted molar refractivity (Wildman–Crippen MR) is 78.9 cm³/mol. The van der Waals surface area contributed by atoms with Gasteiger partial charge in [0.25, 0.3) is 0 Å². The molecule has 0 amide bonds. The van der Waals surface area contributed by atoms with Crippen LogP contribution in [0.2, 0.25) is 0 Å². The SMILES string of the molecule is [Sn][c]1ccc(-c2ccc(-c3cc[c]([Sn])[se]3)[se]2)[se]1. The molecule has 0 aliphatic carbocycles. The molecule has 0 aliphatic heterocycles. The van der Waals surface area contributed by atoms with Gasteiger partial charge in [0.2, 0.25) is 0 Å². The van der Waals surface area contributed by atoms with Gasteiger partial charge in [-0.05, 0) is 0 Å². The minimum atomic E-state index is 0.574. The number of hydrogen-bond acceptors (Lipinski definition) is 0. The maximum absolute atomic E-state index is 2.38. The van der Waals surface area contributed by atoms with E-state index in [1.54, 1.807) is 67.7 Å². The van der Waals surface area contributed by atoms with Gasteiger partial charge in [0.15, 0.2) is 0 Å². The number of hydrogen-bond donors (Lipinski definition) is 0. The molecule has 0 aromatic carbocycles. The first-order valence-corrected chi connectivity index (χ1v) is 13.0. The van der Waals surface area contributed by atoms with Crippen LogP contribution in [0.1, 0.15) is 0 Å². The predicted octanol–water partition coefficient (Wildman–Crippen LogP) is -0.221. The summed E-state index contributed by atoms with van der Waals surface area (Å²) in [7, 11) is 0. The van der Waals surface area contributed by atoms with E-state index in [0.717, 1.165) is 0 Å².